The Labute approximate surface area is 109 Å². The lowest BCUT2D eigenvalue weighted by molar-refractivity contribution is 0.0136. The SMILES string of the molecule is CC1CC(NC(=O)c2cc(Br)cn2C)CCO1. The van der Waals surface area contributed by atoms with Gasteiger partial charge in [-0.1, -0.05) is 0 Å². The number of carbonyl (C=O) groups excluding carboxylic acids is 1. The Hall–Kier alpha value is -0.810. The minimum absolute atomic E-state index is 0.0164. The van der Waals surface area contributed by atoms with E-state index < -0.39 is 0 Å². The molecule has 5 heteroatoms. The zero-order valence-corrected chi connectivity index (χ0v) is 11.7. The van der Waals surface area contributed by atoms with Crippen LogP contribution in [0, 0.1) is 0 Å². The first kappa shape index (κ1) is 12.6. The van der Waals surface area contributed by atoms with E-state index in [1.165, 1.54) is 0 Å². The van der Waals surface area contributed by atoms with Crippen LogP contribution in [-0.2, 0) is 11.8 Å². The van der Waals surface area contributed by atoms with Gasteiger partial charge in [-0.05, 0) is 41.8 Å². The fourth-order valence-corrected chi connectivity index (χ4v) is 2.66. The van der Waals surface area contributed by atoms with Gasteiger partial charge in [0.25, 0.3) is 5.91 Å². The van der Waals surface area contributed by atoms with Crippen molar-refractivity contribution in [3.8, 4) is 0 Å². The Balaban J connectivity index is 1.99. The Kier molecular flexibility index (Phi) is 3.89. The van der Waals surface area contributed by atoms with Gasteiger partial charge in [-0.25, -0.2) is 0 Å². The molecule has 94 valence electrons. The van der Waals surface area contributed by atoms with Crippen molar-refractivity contribution in [1.29, 1.82) is 0 Å². The molecule has 0 saturated carbocycles. The number of ether oxygens (including phenoxy) is 1. The van der Waals surface area contributed by atoms with Crippen LogP contribution >= 0.6 is 15.9 Å². The molecule has 2 rings (SSSR count). The zero-order chi connectivity index (χ0) is 12.4. The molecular weight excluding hydrogens is 284 g/mol. The number of halogens is 1. The van der Waals surface area contributed by atoms with E-state index in [4.69, 9.17) is 4.74 Å². The monoisotopic (exact) mass is 300 g/mol. The van der Waals surface area contributed by atoms with Crippen LogP contribution in [0.5, 0.6) is 0 Å². The summed E-state index contributed by atoms with van der Waals surface area (Å²) in [6.45, 7) is 2.76. The molecule has 2 heterocycles. The lowest BCUT2D eigenvalue weighted by Gasteiger charge is -2.27. The molecule has 0 aromatic carbocycles. The second-order valence-electron chi connectivity index (χ2n) is 4.53. The van der Waals surface area contributed by atoms with E-state index in [0.717, 1.165) is 23.9 Å². The van der Waals surface area contributed by atoms with E-state index >= 15 is 0 Å². The van der Waals surface area contributed by atoms with Crippen LogP contribution in [0.25, 0.3) is 0 Å². The van der Waals surface area contributed by atoms with Gasteiger partial charge in [0.15, 0.2) is 0 Å². The lowest BCUT2D eigenvalue weighted by atomic mass is 10.0. The molecule has 1 aromatic heterocycles. The number of carbonyl (C=O) groups is 1. The maximum absolute atomic E-state index is 12.1. The Morgan fingerprint density at radius 1 is 1.65 bits per heavy atom. The number of aryl methyl sites for hydroxylation is 1. The number of hydrogen-bond donors (Lipinski definition) is 1. The molecule has 1 N–H and O–H groups in total. The van der Waals surface area contributed by atoms with Gasteiger partial charge in [-0.2, -0.15) is 0 Å². The van der Waals surface area contributed by atoms with Gasteiger partial charge < -0.3 is 14.6 Å². The van der Waals surface area contributed by atoms with Gasteiger partial charge in [0.1, 0.15) is 5.69 Å². The third kappa shape index (κ3) is 3.10. The van der Waals surface area contributed by atoms with Crippen molar-refractivity contribution in [2.45, 2.75) is 31.9 Å². The summed E-state index contributed by atoms with van der Waals surface area (Å²) in [5, 5.41) is 3.06. The third-order valence-electron chi connectivity index (χ3n) is 3.02. The number of aromatic nitrogens is 1. The highest BCUT2D eigenvalue weighted by Gasteiger charge is 2.22. The number of rotatable bonds is 2. The Morgan fingerprint density at radius 2 is 2.41 bits per heavy atom. The van der Waals surface area contributed by atoms with Crippen LogP contribution in [0.15, 0.2) is 16.7 Å². The molecule has 4 nitrogen and oxygen atoms in total. The smallest absolute Gasteiger partial charge is 0.268 e. The summed E-state index contributed by atoms with van der Waals surface area (Å²) in [7, 11) is 1.87. The highest BCUT2D eigenvalue weighted by molar-refractivity contribution is 9.10. The highest BCUT2D eigenvalue weighted by atomic mass is 79.9. The van der Waals surface area contributed by atoms with Crippen molar-refractivity contribution in [3.05, 3.63) is 22.4 Å². The topological polar surface area (TPSA) is 43.3 Å². The Morgan fingerprint density at radius 3 is 3.00 bits per heavy atom. The molecule has 0 aliphatic carbocycles. The molecule has 17 heavy (non-hydrogen) atoms. The molecular formula is C12H17BrN2O2. The standard InChI is InChI=1S/C12H17BrN2O2/c1-8-5-10(3-4-17-8)14-12(16)11-6-9(13)7-15(11)2/h6-8,10H,3-5H2,1-2H3,(H,14,16). The normalized spacial score (nSPS) is 24.6. The second-order valence-corrected chi connectivity index (χ2v) is 5.45. The molecule has 2 unspecified atom stereocenters. The van der Waals surface area contributed by atoms with Gasteiger partial charge in [-0.3, -0.25) is 4.79 Å². The number of hydrogen-bond acceptors (Lipinski definition) is 2. The maximum atomic E-state index is 12.1. The van der Waals surface area contributed by atoms with Gasteiger partial charge in [0.2, 0.25) is 0 Å². The first-order chi connectivity index (χ1) is 8.06. The van der Waals surface area contributed by atoms with Crippen molar-refractivity contribution in [2.75, 3.05) is 6.61 Å². The average molecular weight is 301 g/mol. The van der Waals surface area contributed by atoms with Crippen molar-refractivity contribution in [1.82, 2.24) is 9.88 Å². The summed E-state index contributed by atoms with van der Waals surface area (Å²) in [5.41, 5.74) is 0.677. The van der Waals surface area contributed by atoms with Gasteiger partial charge in [0.05, 0.1) is 6.10 Å². The van der Waals surface area contributed by atoms with Crippen LogP contribution < -0.4 is 5.32 Å². The number of amides is 1. The molecule has 1 aliphatic heterocycles. The number of nitrogens with zero attached hydrogens (tertiary/aromatic N) is 1. The van der Waals surface area contributed by atoms with Crippen LogP contribution in [0.3, 0.4) is 0 Å². The summed E-state index contributed by atoms with van der Waals surface area (Å²) < 4.78 is 8.20. The predicted octanol–water partition coefficient (Wildman–Crippen LogP) is 2.08. The van der Waals surface area contributed by atoms with Crippen molar-refractivity contribution < 1.29 is 9.53 Å². The van der Waals surface area contributed by atoms with Crippen LogP contribution in [0.4, 0.5) is 0 Å². The predicted molar refractivity (Wildman–Crippen MR) is 69.0 cm³/mol. The third-order valence-corrected chi connectivity index (χ3v) is 3.46. The lowest BCUT2D eigenvalue weighted by Crippen LogP contribution is -2.41. The largest absolute Gasteiger partial charge is 0.378 e. The average Bonchev–Trinajstić information content (AvgIpc) is 2.58. The number of nitrogens with one attached hydrogen (secondary N) is 1. The van der Waals surface area contributed by atoms with E-state index in [0.29, 0.717) is 5.69 Å². The summed E-state index contributed by atoms with van der Waals surface area (Å²) in [5.74, 6) is -0.0164. The highest BCUT2D eigenvalue weighted by Crippen LogP contribution is 2.16. The van der Waals surface area contributed by atoms with E-state index in [9.17, 15) is 4.79 Å². The zero-order valence-electron chi connectivity index (χ0n) is 10.1. The summed E-state index contributed by atoms with van der Waals surface area (Å²) in [4.78, 5) is 12.1. The molecule has 0 radical (unpaired) electrons. The van der Waals surface area contributed by atoms with Crippen LogP contribution in [0.1, 0.15) is 30.3 Å². The summed E-state index contributed by atoms with van der Waals surface area (Å²) in [6.07, 6.45) is 3.88. The molecule has 0 bridgehead atoms. The fourth-order valence-electron chi connectivity index (χ4n) is 2.14. The van der Waals surface area contributed by atoms with Crippen molar-refractivity contribution in [2.24, 2.45) is 7.05 Å². The minimum atomic E-state index is -0.0164. The quantitative estimate of drug-likeness (QED) is 0.909. The molecule has 1 aromatic rings. The second kappa shape index (κ2) is 5.23. The first-order valence-electron chi connectivity index (χ1n) is 5.80. The first-order valence-corrected chi connectivity index (χ1v) is 6.60. The van der Waals surface area contributed by atoms with E-state index in [2.05, 4.69) is 21.2 Å². The van der Waals surface area contributed by atoms with E-state index in [-0.39, 0.29) is 18.1 Å². The molecule has 2 atom stereocenters. The molecule has 1 fully saturated rings. The van der Waals surface area contributed by atoms with Gasteiger partial charge in [-0.15, -0.1) is 0 Å². The van der Waals surface area contributed by atoms with Crippen molar-refractivity contribution >= 4 is 21.8 Å². The molecule has 1 aliphatic rings. The minimum Gasteiger partial charge on any atom is -0.378 e. The summed E-state index contributed by atoms with van der Waals surface area (Å²) in [6, 6.07) is 2.05. The Bertz CT molecular complexity index is 417. The van der Waals surface area contributed by atoms with E-state index in [1.807, 2.05) is 30.8 Å². The van der Waals surface area contributed by atoms with Gasteiger partial charge in [0, 0.05) is 30.4 Å². The molecule has 1 amide bonds. The van der Waals surface area contributed by atoms with Gasteiger partial charge >= 0.3 is 0 Å². The fraction of sp³-hybridized carbons (Fsp3) is 0.583. The molecule has 1 saturated heterocycles. The molecule has 0 spiro atoms. The maximum Gasteiger partial charge on any atom is 0.268 e. The van der Waals surface area contributed by atoms with Crippen LogP contribution in [0.2, 0.25) is 0 Å². The summed E-state index contributed by atoms with van der Waals surface area (Å²) >= 11 is 3.37. The van der Waals surface area contributed by atoms with Crippen LogP contribution in [-0.4, -0.2) is 29.2 Å². The van der Waals surface area contributed by atoms with Crippen molar-refractivity contribution in [3.63, 3.8) is 0 Å². The van der Waals surface area contributed by atoms with E-state index in [1.54, 1.807) is 0 Å².